The number of ether oxygens (including phenoxy) is 3. The predicted octanol–water partition coefficient (Wildman–Crippen LogP) is 3.33. The number of aliphatic hydroxyl groups is 2. The van der Waals surface area contributed by atoms with E-state index in [1.54, 1.807) is 24.3 Å². The van der Waals surface area contributed by atoms with Crippen LogP contribution in [0.15, 0.2) is 65.2 Å². The molecule has 6 N–H and O–H groups in total. The van der Waals surface area contributed by atoms with Crippen LogP contribution in [0.5, 0.6) is 0 Å². The molecule has 2 aromatic rings. The quantitative estimate of drug-likeness (QED) is 0.164. The third kappa shape index (κ3) is 18.2. The van der Waals surface area contributed by atoms with Crippen molar-refractivity contribution in [2.24, 2.45) is 16.5 Å². The van der Waals surface area contributed by atoms with Crippen LogP contribution in [-0.4, -0.2) is 75.2 Å². The predicted molar refractivity (Wildman–Crippen MR) is 149 cm³/mol. The van der Waals surface area contributed by atoms with Gasteiger partial charge in [0.05, 0.1) is 69.8 Å². The molecule has 0 atom stereocenters. The van der Waals surface area contributed by atoms with E-state index < -0.39 is 5.91 Å². The van der Waals surface area contributed by atoms with Gasteiger partial charge in [0.2, 0.25) is 0 Å². The average molecular weight is 538 g/mol. The second-order valence-corrected chi connectivity index (χ2v) is 7.72. The van der Waals surface area contributed by atoms with E-state index in [4.69, 9.17) is 47.5 Å². The molecule has 0 bridgehead atoms. The van der Waals surface area contributed by atoms with Crippen molar-refractivity contribution < 1.29 is 29.2 Å². The summed E-state index contributed by atoms with van der Waals surface area (Å²) >= 11 is 5.82. The van der Waals surface area contributed by atoms with Gasteiger partial charge in [-0.15, -0.1) is 0 Å². The number of carbonyl (C=O) groups is 1. The van der Waals surface area contributed by atoms with E-state index in [0.717, 1.165) is 0 Å². The number of nitrogens with two attached hydrogens (primary N) is 2. The number of aliphatic hydroxyl groups excluding tert-OH is 2. The average Bonchev–Trinajstić information content (AvgIpc) is 2.89. The zero-order valence-electron chi connectivity index (χ0n) is 21.6. The summed E-state index contributed by atoms with van der Waals surface area (Å²) in [5, 5.41) is 17.3. The lowest BCUT2D eigenvalue weighted by atomic mass is 10.1. The Morgan fingerprint density at radius 1 is 0.838 bits per heavy atom. The van der Waals surface area contributed by atoms with Gasteiger partial charge in [0.25, 0.3) is 5.91 Å². The van der Waals surface area contributed by atoms with E-state index in [0.29, 0.717) is 55.9 Å². The molecule has 2 rings (SSSR count). The molecule has 0 aromatic heterocycles. The SMILES string of the molecule is CCC.NC(=O)/C(C=Nc1ccccc1)=C(/N)c1ccc(Cl)cc1.OCCOCCOCCOCCO. The van der Waals surface area contributed by atoms with E-state index >= 15 is 0 Å². The minimum absolute atomic E-state index is 0.0413. The van der Waals surface area contributed by atoms with Crippen LogP contribution in [0, 0.1) is 0 Å². The molecule has 0 aliphatic carbocycles. The molecule has 0 saturated carbocycles. The molecule has 2 aromatic carbocycles. The summed E-state index contributed by atoms with van der Waals surface area (Å²) < 4.78 is 15.0. The first-order valence-corrected chi connectivity index (χ1v) is 12.4. The lowest BCUT2D eigenvalue weighted by Gasteiger charge is -2.05. The zero-order chi connectivity index (χ0) is 27.7. The monoisotopic (exact) mass is 537 g/mol. The molecule has 0 radical (unpaired) electrons. The molecule has 10 heteroatoms. The highest BCUT2D eigenvalue weighted by molar-refractivity contribution is 6.30. The molecular formula is C27H40ClN3O6. The van der Waals surface area contributed by atoms with Crippen molar-refractivity contribution in [2.45, 2.75) is 20.3 Å². The second kappa shape index (κ2) is 23.6. The Labute approximate surface area is 224 Å². The maximum atomic E-state index is 11.6. The van der Waals surface area contributed by atoms with E-state index in [-0.39, 0.29) is 24.5 Å². The van der Waals surface area contributed by atoms with E-state index in [2.05, 4.69) is 18.8 Å². The Balaban J connectivity index is 0.000000696. The number of rotatable bonds is 14. The summed E-state index contributed by atoms with van der Waals surface area (Å²) in [6.07, 6.45) is 2.63. The third-order valence-electron chi connectivity index (χ3n) is 4.03. The standard InChI is InChI=1S/C16H14ClN3O.C8H18O5.C3H8/c17-12-8-6-11(7-9-12)15(18)14(16(19)21)10-20-13-4-2-1-3-5-13;9-1-3-11-5-7-13-8-6-12-4-2-10;1-3-2/h1-10H,18H2,(H2,19,21);9-10H,1-8H2;3H2,1-2H3/b15-14+,20-10?;;. The molecule has 0 spiro atoms. The summed E-state index contributed by atoms with van der Waals surface area (Å²) in [5.41, 5.74) is 13.2. The topological polar surface area (TPSA) is 150 Å². The minimum Gasteiger partial charge on any atom is -0.398 e. The van der Waals surface area contributed by atoms with E-state index in [1.807, 2.05) is 30.3 Å². The summed E-state index contributed by atoms with van der Waals surface area (Å²) in [4.78, 5) is 15.8. The van der Waals surface area contributed by atoms with Crippen LogP contribution < -0.4 is 11.5 Å². The van der Waals surface area contributed by atoms with Crippen LogP contribution >= 0.6 is 11.6 Å². The van der Waals surface area contributed by atoms with Crippen LogP contribution in [0.1, 0.15) is 25.8 Å². The highest BCUT2D eigenvalue weighted by Gasteiger charge is 2.10. The van der Waals surface area contributed by atoms with Gasteiger partial charge in [-0.05, 0) is 29.8 Å². The van der Waals surface area contributed by atoms with Gasteiger partial charge >= 0.3 is 0 Å². The Bertz CT molecular complexity index is 883. The summed E-state index contributed by atoms with van der Waals surface area (Å²) in [7, 11) is 0. The number of primary amides is 1. The van der Waals surface area contributed by atoms with Crippen LogP contribution in [0.2, 0.25) is 5.02 Å². The number of para-hydroxylation sites is 1. The molecular weight excluding hydrogens is 498 g/mol. The number of carbonyl (C=O) groups excluding carboxylic acids is 1. The normalized spacial score (nSPS) is 11.2. The van der Waals surface area contributed by atoms with Crippen molar-refractivity contribution in [3.8, 4) is 0 Å². The van der Waals surface area contributed by atoms with E-state index in [1.165, 1.54) is 12.6 Å². The fourth-order valence-electron chi connectivity index (χ4n) is 2.37. The van der Waals surface area contributed by atoms with Crippen LogP contribution in [0.25, 0.3) is 5.70 Å². The van der Waals surface area contributed by atoms with E-state index in [9.17, 15) is 4.79 Å². The molecule has 37 heavy (non-hydrogen) atoms. The number of halogens is 1. The van der Waals surface area contributed by atoms with Crippen molar-refractivity contribution in [2.75, 3.05) is 52.9 Å². The number of aliphatic imine (C=N–C) groups is 1. The Morgan fingerprint density at radius 2 is 1.30 bits per heavy atom. The summed E-state index contributed by atoms with van der Waals surface area (Å²) in [6, 6.07) is 16.0. The second-order valence-electron chi connectivity index (χ2n) is 7.28. The van der Waals surface area contributed by atoms with Crippen molar-refractivity contribution in [3.63, 3.8) is 0 Å². The lowest BCUT2D eigenvalue weighted by molar-refractivity contribution is -0.114. The smallest absolute Gasteiger partial charge is 0.252 e. The molecule has 0 aliphatic rings. The number of benzene rings is 2. The number of amides is 1. The van der Waals surface area contributed by atoms with Gasteiger partial charge in [0, 0.05) is 11.2 Å². The van der Waals surface area contributed by atoms with Gasteiger partial charge in [-0.25, -0.2) is 0 Å². The highest BCUT2D eigenvalue weighted by Crippen LogP contribution is 2.17. The van der Waals surface area contributed by atoms with Gasteiger partial charge < -0.3 is 35.9 Å². The first-order valence-electron chi connectivity index (χ1n) is 12.0. The summed E-state index contributed by atoms with van der Waals surface area (Å²) in [5.74, 6) is -0.637. The third-order valence-corrected chi connectivity index (χ3v) is 4.28. The van der Waals surface area contributed by atoms with Gasteiger partial charge in [-0.1, -0.05) is 62.2 Å². The fourth-order valence-corrected chi connectivity index (χ4v) is 2.50. The molecule has 206 valence electrons. The van der Waals surface area contributed by atoms with Crippen LogP contribution in [0.4, 0.5) is 5.69 Å². The van der Waals surface area contributed by atoms with Crippen LogP contribution in [0.3, 0.4) is 0 Å². The fraction of sp³-hybridized carbons (Fsp3) is 0.407. The highest BCUT2D eigenvalue weighted by atomic mass is 35.5. The molecule has 0 unspecified atom stereocenters. The van der Waals surface area contributed by atoms with Gasteiger partial charge in [-0.3, -0.25) is 9.79 Å². The Kier molecular flexibility index (Phi) is 21.8. The molecule has 9 nitrogen and oxygen atoms in total. The molecule has 0 fully saturated rings. The van der Waals surface area contributed by atoms with Gasteiger partial charge in [0.1, 0.15) is 0 Å². The number of hydrogen-bond donors (Lipinski definition) is 4. The maximum Gasteiger partial charge on any atom is 0.252 e. The van der Waals surface area contributed by atoms with Crippen molar-refractivity contribution >= 4 is 35.1 Å². The number of nitrogens with zero attached hydrogens (tertiary/aromatic N) is 1. The molecule has 0 saturated heterocycles. The van der Waals surface area contributed by atoms with Gasteiger partial charge in [0.15, 0.2) is 0 Å². The first-order chi connectivity index (χ1) is 17.9. The van der Waals surface area contributed by atoms with Gasteiger partial charge in [-0.2, -0.15) is 0 Å². The first kappa shape index (κ1) is 34.2. The zero-order valence-corrected chi connectivity index (χ0v) is 22.4. The molecule has 0 aliphatic heterocycles. The molecule has 1 amide bonds. The lowest BCUT2D eigenvalue weighted by Crippen LogP contribution is -2.19. The largest absolute Gasteiger partial charge is 0.398 e. The van der Waals surface area contributed by atoms with Crippen molar-refractivity contribution in [1.29, 1.82) is 0 Å². The minimum atomic E-state index is -0.637. The Morgan fingerprint density at radius 3 is 1.73 bits per heavy atom. The van der Waals surface area contributed by atoms with Crippen molar-refractivity contribution in [1.82, 2.24) is 0 Å². The van der Waals surface area contributed by atoms with Crippen LogP contribution in [-0.2, 0) is 19.0 Å². The molecule has 0 heterocycles. The van der Waals surface area contributed by atoms with Crippen molar-refractivity contribution in [3.05, 3.63) is 70.8 Å². The summed E-state index contributed by atoms with van der Waals surface area (Å²) in [6.45, 7) is 7.01. The number of hydrogen-bond acceptors (Lipinski definition) is 8. The Hall–Kier alpha value is -2.79. The maximum absolute atomic E-state index is 11.6.